The van der Waals surface area contributed by atoms with Gasteiger partial charge in [-0.1, -0.05) is 24.6 Å². The van der Waals surface area contributed by atoms with Crippen LogP contribution in [-0.4, -0.2) is 12.0 Å². The summed E-state index contributed by atoms with van der Waals surface area (Å²) in [4.78, 5) is 11.1. The third kappa shape index (κ3) is 3.61. The lowest BCUT2D eigenvalue weighted by Crippen LogP contribution is -2.33. The maximum absolute atomic E-state index is 11.1. The second-order valence-electron chi connectivity index (χ2n) is 3.90. The second-order valence-corrected chi connectivity index (χ2v) is 4.30. The van der Waals surface area contributed by atoms with Crippen LogP contribution in [0.5, 0.6) is 5.75 Å². The largest absolute Gasteiger partial charge is 0.479 e. The van der Waals surface area contributed by atoms with E-state index in [4.69, 9.17) is 27.8 Å². The number of nitrogens with two attached hydrogens (primary N) is 2. The molecule has 2 atom stereocenters. The maximum Gasteiger partial charge on any atom is 0.258 e. The normalized spacial score (nSPS) is 14.1. The molecule has 0 heterocycles. The molecular weight excluding hydrogens is 240 g/mol. The summed E-state index contributed by atoms with van der Waals surface area (Å²) in [6, 6.07) is 5.15. The van der Waals surface area contributed by atoms with Crippen LogP contribution in [0.1, 0.15) is 31.9 Å². The Kier molecular flexibility index (Phi) is 4.78. The van der Waals surface area contributed by atoms with Gasteiger partial charge in [0.15, 0.2) is 6.10 Å². The highest BCUT2D eigenvalue weighted by atomic mass is 35.5. The molecule has 1 aromatic carbocycles. The van der Waals surface area contributed by atoms with E-state index in [1.807, 2.05) is 19.9 Å². The quantitative estimate of drug-likeness (QED) is 0.846. The molecule has 0 aliphatic rings. The van der Waals surface area contributed by atoms with Crippen molar-refractivity contribution in [2.24, 2.45) is 11.5 Å². The smallest absolute Gasteiger partial charge is 0.258 e. The number of benzene rings is 1. The van der Waals surface area contributed by atoms with Gasteiger partial charge in [0.25, 0.3) is 5.91 Å². The van der Waals surface area contributed by atoms with Crippen molar-refractivity contribution in [3.8, 4) is 5.75 Å². The highest BCUT2D eigenvalue weighted by molar-refractivity contribution is 6.32. The monoisotopic (exact) mass is 256 g/mol. The molecule has 1 rings (SSSR count). The number of amides is 1. The fourth-order valence-electron chi connectivity index (χ4n) is 1.39. The maximum atomic E-state index is 11.1. The SMILES string of the molecule is CCC(Oc1ccc([C@@H](C)N)cc1Cl)C(N)=O. The fraction of sp³-hybridized carbons (Fsp3) is 0.417. The first-order valence-electron chi connectivity index (χ1n) is 5.46. The molecule has 4 nitrogen and oxygen atoms in total. The minimum Gasteiger partial charge on any atom is -0.479 e. The van der Waals surface area contributed by atoms with Gasteiger partial charge in [0, 0.05) is 6.04 Å². The highest BCUT2D eigenvalue weighted by Gasteiger charge is 2.16. The van der Waals surface area contributed by atoms with E-state index in [2.05, 4.69) is 0 Å². The average Bonchev–Trinajstić information content (AvgIpc) is 2.26. The third-order valence-corrected chi connectivity index (χ3v) is 2.73. The van der Waals surface area contributed by atoms with E-state index >= 15 is 0 Å². The van der Waals surface area contributed by atoms with E-state index in [0.29, 0.717) is 17.2 Å². The molecule has 5 heteroatoms. The van der Waals surface area contributed by atoms with E-state index in [9.17, 15) is 4.79 Å². The molecule has 94 valence electrons. The number of carbonyl (C=O) groups excluding carboxylic acids is 1. The van der Waals surface area contributed by atoms with Crippen molar-refractivity contribution in [2.45, 2.75) is 32.4 Å². The molecule has 17 heavy (non-hydrogen) atoms. The van der Waals surface area contributed by atoms with E-state index < -0.39 is 12.0 Å². The van der Waals surface area contributed by atoms with Gasteiger partial charge in [-0.05, 0) is 31.0 Å². The molecule has 0 aromatic heterocycles. The van der Waals surface area contributed by atoms with Gasteiger partial charge in [-0.15, -0.1) is 0 Å². The summed E-state index contributed by atoms with van der Waals surface area (Å²) in [7, 11) is 0. The summed E-state index contributed by atoms with van der Waals surface area (Å²) in [5.41, 5.74) is 11.8. The lowest BCUT2D eigenvalue weighted by molar-refractivity contribution is -0.124. The van der Waals surface area contributed by atoms with E-state index in [0.717, 1.165) is 5.56 Å². The lowest BCUT2D eigenvalue weighted by Gasteiger charge is -2.16. The Labute approximate surface area is 106 Å². The summed E-state index contributed by atoms with van der Waals surface area (Å²) < 4.78 is 5.44. The molecule has 0 aliphatic heterocycles. The Morgan fingerprint density at radius 1 is 1.53 bits per heavy atom. The van der Waals surface area contributed by atoms with Gasteiger partial charge in [-0.3, -0.25) is 4.79 Å². The molecule has 0 spiro atoms. The second kappa shape index (κ2) is 5.89. The van der Waals surface area contributed by atoms with Crippen LogP contribution in [0.3, 0.4) is 0 Å². The first kappa shape index (κ1) is 13.8. The molecule has 0 radical (unpaired) electrons. The van der Waals surface area contributed by atoms with Gasteiger partial charge in [0.1, 0.15) is 5.75 Å². The highest BCUT2D eigenvalue weighted by Crippen LogP contribution is 2.28. The van der Waals surface area contributed by atoms with Gasteiger partial charge >= 0.3 is 0 Å². The van der Waals surface area contributed by atoms with Crippen molar-refractivity contribution in [2.75, 3.05) is 0 Å². The molecule has 1 amide bonds. The Morgan fingerprint density at radius 3 is 2.59 bits per heavy atom. The number of primary amides is 1. The van der Waals surface area contributed by atoms with Crippen LogP contribution in [0.15, 0.2) is 18.2 Å². The predicted octanol–water partition coefficient (Wildman–Crippen LogP) is 2.00. The number of rotatable bonds is 5. The molecule has 1 aromatic rings. The van der Waals surface area contributed by atoms with Crippen LogP contribution in [0.4, 0.5) is 0 Å². The van der Waals surface area contributed by atoms with Crippen molar-refractivity contribution in [3.63, 3.8) is 0 Å². The molecule has 0 bridgehead atoms. The standard InChI is InChI=1S/C12H17ClN2O2/c1-3-10(12(15)16)17-11-5-4-8(7(2)14)6-9(11)13/h4-7,10H,3,14H2,1-2H3,(H2,15,16)/t7-,10?/m1/s1. The molecule has 4 N–H and O–H groups in total. The zero-order chi connectivity index (χ0) is 13.0. The minimum atomic E-state index is -0.659. The average molecular weight is 257 g/mol. The van der Waals surface area contributed by atoms with Crippen molar-refractivity contribution in [3.05, 3.63) is 28.8 Å². The minimum absolute atomic E-state index is 0.0975. The van der Waals surface area contributed by atoms with Crippen LogP contribution in [0, 0.1) is 0 Å². The molecule has 0 aliphatic carbocycles. The van der Waals surface area contributed by atoms with Crippen molar-refractivity contribution in [1.29, 1.82) is 0 Å². The van der Waals surface area contributed by atoms with Gasteiger partial charge < -0.3 is 16.2 Å². The van der Waals surface area contributed by atoms with Gasteiger partial charge in [-0.25, -0.2) is 0 Å². The molecule has 0 saturated carbocycles. The van der Waals surface area contributed by atoms with E-state index in [-0.39, 0.29) is 6.04 Å². The summed E-state index contributed by atoms with van der Waals surface area (Å²) >= 11 is 6.05. The Morgan fingerprint density at radius 2 is 2.18 bits per heavy atom. The van der Waals surface area contributed by atoms with Crippen molar-refractivity contribution in [1.82, 2.24) is 0 Å². The van der Waals surface area contributed by atoms with Gasteiger partial charge in [-0.2, -0.15) is 0 Å². The van der Waals surface area contributed by atoms with Crippen molar-refractivity contribution >= 4 is 17.5 Å². The molecule has 0 fully saturated rings. The first-order chi connectivity index (χ1) is 7.95. The number of hydrogen-bond donors (Lipinski definition) is 2. The van der Waals surface area contributed by atoms with Gasteiger partial charge in [0.05, 0.1) is 5.02 Å². The van der Waals surface area contributed by atoms with Crippen LogP contribution < -0.4 is 16.2 Å². The van der Waals surface area contributed by atoms with Crippen LogP contribution in [0.2, 0.25) is 5.02 Å². The molecule has 1 unspecified atom stereocenters. The Bertz CT molecular complexity index is 407. The number of halogens is 1. The first-order valence-corrected chi connectivity index (χ1v) is 5.84. The van der Waals surface area contributed by atoms with E-state index in [1.54, 1.807) is 12.1 Å². The number of carbonyl (C=O) groups is 1. The lowest BCUT2D eigenvalue weighted by atomic mass is 10.1. The molecule has 0 saturated heterocycles. The van der Waals surface area contributed by atoms with Crippen LogP contribution in [0.25, 0.3) is 0 Å². The summed E-state index contributed by atoms with van der Waals surface area (Å²) in [6.07, 6.45) is -0.158. The van der Waals surface area contributed by atoms with Crippen LogP contribution in [-0.2, 0) is 4.79 Å². The number of ether oxygens (including phenoxy) is 1. The predicted molar refractivity (Wildman–Crippen MR) is 68.0 cm³/mol. The van der Waals surface area contributed by atoms with Crippen LogP contribution >= 0.6 is 11.6 Å². The fourth-order valence-corrected chi connectivity index (χ4v) is 1.63. The Balaban J connectivity index is 2.89. The summed E-state index contributed by atoms with van der Waals surface area (Å²) in [5.74, 6) is -0.0541. The Hall–Kier alpha value is -1.26. The zero-order valence-electron chi connectivity index (χ0n) is 9.94. The topological polar surface area (TPSA) is 78.3 Å². The summed E-state index contributed by atoms with van der Waals surface area (Å²) in [6.45, 7) is 3.68. The van der Waals surface area contributed by atoms with Gasteiger partial charge in [0.2, 0.25) is 0 Å². The zero-order valence-corrected chi connectivity index (χ0v) is 10.7. The summed E-state index contributed by atoms with van der Waals surface area (Å²) in [5, 5.41) is 0.430. The van der Waals surface area contributed by atoms with E-state index in [1.165, 1.54) is 0 Å². The number of hydrogen-bond acceptors (Lipinski definition) is 3. The van der Waals surface area contributed by atoms with Crippen molar-refractivity contribution < 1.29 is 9.53 Å². The third-order valence-electron chi connectivity index (χ3n) is 2.44. The molecular formula is C12H17ClN2O2.